The quantitative estimate of drug-likeness (QED) is 0.809. The van der Waals surface area contributed by atoms with Crippen molar-refractivity contribution in [1.29, 1.82) is 0 Å². The zero-order chi connectivity index (χ0) is 15.0. The Balaban J connectivity index is 2.09. The van der Waals surface area contributed by atoms with Crippen LogP contribution in [0.5, 0.6) is 0 Å². The highest BCUT2D eigenvalue weighted by Crippen LogP contribution is 2.32. The van der Waals surface area contributed by atoms with Crippen LogP contribution >= 0.6 is 15.9 Å². The molecule has 0 unspecified atom stereocenters. The Morgan fingerprint density at radius 3 is 2.67 bits per heavy atom. The molecule has 0 atom stereocenters. The largest absolute Gasteiger partial charge is 0.266 e. The van der Waals surface area contributed by atoms with Gasteiger partial charge in [-0.2, -0.15) is 0 Å². The molecule has 1 aliphatic rings. The van der Waals surface area contributed by atoms with E-state index in [1.807, 2.05) is 31.2 Å². The number of fused-ring (bicyclic) bond motifs is 1. The normalized spacial score (nSPS) is 14.9. The molecular weight excluding hydrogens is 350 g/mol. The van der Waals surface area contributed by atoms with Crippen LogP contribution in [0.4, 0.5) is 5.69 Å². The molecule has 0 fully saturated rings. The molecule has 0 radical (unpaired) electrons. The van der Waals surface area contributed by atoms with Crippen molar-refractivity contribution in [2.24, 2.45) is 0 Å². The molecule has 110 valence electrons. The maximum absolute atomic E-state index is 12.9. The lowest BCUT2D eigenvalue weighted by atomic mass is 10.0. The second-order valence-corrected chi connectivity index (χ2v) is 7.94. The standard InChI is InChI=1S/C16H16BrNO2S/c1-12-11-14(8-9-15(12)17)21(19,20)18-10-4-6-13-5-2-3-7-16(13)18/h2-3,5,7-9,11H,4,6,10H2,1H3. The van der Waals surface area contributed by atoms with Gasteiger partial charge in [-0.25, -0.2) is 8.42 Å². The van der Waals surface area contributed by atoms with E-state index >= 15 is 0 Å². The first kappa shape index (κ1) is 14.6. The molecule has 1 heterocycles. The SMILES string of the molecule is Cc1cc(S(=O)(=O)N2CCCc3ccccc32)ccc1Br. The summed E-state index contributed by atoms with van der Waals surface area (Å²) < 4.78 is 28.3. The third-order valence-corrected chi connectivity index (χ3v) is 6.48. The summed E-state index contributed by atoms with van der Waals surface area (Å²) in [5.74, 6) is 0. The highest BCUT2D eigenvalue weighted by Gasteiger charge is 2.28. The van der Waals surface area contributed by atoms with Crippen molar-refractivity contribution in [3.05, 3.63) is 58.1 Å². The van der Waals surface area contributed by atoms with Crippen molar-refractivity contribution < 1.29 is 8.42 Å². The first-order chi connectivity index (χ1) is 10.00. The molecular formula is C16H16BrNO2S. The van der Waals surface area contributed by atoms with Crippen molar-refractivity contribution in [3.8, 4) is 0 Å². The lowest BCUT2D eigenvalue weighted by Crippen LogP contribution is -2.35. The van der Waals surface area contributed by atoms with Gasteiger partial charge in [0.05, 0.1) is 10.6 Å². The van der Waals surface area contributed by atoms with Crippen LogP contribution in [-0.4, -0.2) is 15.0 Å². The minimum atomic E-state index is -3.50. The molecule has 0 saturated heterocycles. The first-order valence-corrected chi connectivity index (χ1v) is 9.10. The predicted octanol–water partition coefficient (Wildman–Crippen LogP) is 3.90. The Kier molecular flexibility index (Phi) is 3.80. The highest BCUT2D eigenvalue weighted by molar-refractivity contribution is 9.10. The van der Waals surface area contributed by atoms with Crippen molar-refractivity contribution in [2.75, 3.05) is 10.8 Å². The lowest BCUT2D eigenvalue weighted by Gasteiger charge is -2.30. The average molecular weight is 366 g/mol. The number of aryl methyl sites for hydroxylation is 2. The summed E-state index contributed by atoms with van der Waals surface area (Å²) in [6.07, 6.45) is 1.79. The topological polar surface area (TPSA) is 37.4 Å². The van der Waals surface area contributed by atoms with Crippen LogP contribution in [0.25, 0.3) is 0 Å². The molecule has 0 aliphatic carbocycles. The molecule has 0 amide bonds. The third-order valence-electron chi connectivity index (χ3n) is 3.79. The molecule has 3 rings (SSSR count). The zero-order valence-electron chi connectivity index (χ0n) is 11.7. The molecule has 0 saturated carbocycles. The van der Waals surface area contributed by atoms with Crippen LogP contribution in [-0.2, 0) is 16.4 Å². The molecule has 2 aromatic rings. The van der Waals surface area contributed by atoms with Crippen LogP contribution < -0.4 is 4.31 Å². The molecule has 0 N–H and O–H groups in total. The number of rotatable bonds is 2. The lowest BCUT2D eigenvalue weighted by molar-refractivity contribution is 0.586. The van der Waals surface area contributed by atoms with Crippen LogP contribution in [0.1, 0.15) is 17.5 Å². The Labute approximate surface area is 133 Å². The number of benzene rings is 2. The fourth-order valence-electron chi connectivity index (χ4n) is 2.65. The Morgan fingerprint density at radius 2 is 1.90 bits per heavy atom. The van der Waals surface area contributed by atoms with E-state index in [1.165, 1.54) is 4.31 Å². The molecule has 21 heavy (non-hydrogen) atoms. The number of anilines is 1. The second kappa shape index (κ2) is 5.46. The molecule has 0 bridgehead atoms. The van der Waals surface area contributed by atoms with Gasteiger partial charge >= 0.3 is 0 Å². The van der Waals surface area contributed by atoms with Gasteiger partial charge in [0.25, 0.3) is 10.0 Å². The van der Waals surface area contributed by atoms with Gasteiger partial charge < -0.3 is 0 Å². The second-order valence-electron chi connectivity index (χ2n) is 5.22. The van der Waals surface area contributed by atoms with Gasteiger partial charge in [0, 0.05) is 11.0 Å². The number of sulfonamides is 1. The van der Waals surface area contributed by atoms with E-state index in [2.05, 4.69) is 15.9 Å². The zero-order valence-corrected chi connectivity index (χ0v) is 14.1. The molecule has 3 nitrogen and oxygen atoms in total. The van der Waals surface area contributed by atoms with Gasteiger partial charge in [0.15, 0.2) is 0 Å². The van der Waals surface area contributed by atoms with Gasteiger partial charge in [-0.1, -0.05) is 34.1 Å². The predicted molar refractivity (Wildman–Crippen MR) is 88.2 cm³/mol. The minimum Gasteiger partial charge on any atom is -0.266 e. The van der Waals surface area contributed by atoms with Crippen LogP contribution in [0.3, 0.4) is 0 Å². The molecule has 0 aromatic heterocycles. The summed E-state index contributed by atoms with van der Waals surface area (Å²) in [4.78, 5) is 0.347. The fraction of sp³-hybridized carbons (Fsp3) is 0.250. The van der Waals surface area contributed by atoms with Crippen molar-refractivity contribution in [1.82, 2.24) is 0 Å². The van der Waals surface area contributed by atoms with E-state index in [4.69, 9.17) is 0 Å². The van der Waals surface area contributed by atoms with E-state index in [9.17, 15) is 8.42 Å². The van der Waals surface area contributed by atoms with Crippen LogP contribution in [0, 0.1) is 6.92 Å². The van der Waals surface area contributed by atoms with Crippen molar-refractivity contribution >= 4 is 31.6 Å². The van der Waals surface area contributed by atoms with E-state index in [0.717, 1.165) is 34.1 Å². The van der Waals surface area contributed by atoms with E-state index in [-0.39, 0.29) is 0 Å². The summed E-state index contributed by atoms with van der Waals surface area (Å²) in [6, 6.07) is 12.9. The number of para-hydroxylation sites is 1. The first-order valence-electron chi connectivity index (χ1n) is 6.87. The summed E-state index contributed by atoms with van der Waals surface area (Å²) in [6.45, 7) is 2.43. The number of halogens is 1. The van der Waals surface area contributed by atoms with E-state index in [1.54, 1.807) is 18.2 Å². The molecule has 0 spiro atoms. The van der Waals surface area contributed by atoms with Crippen molar-refractivity contribution in [3.63, 3.8) is 0 Å². The fourth-order valence-corrected chi connectivity index (χ4v) is 4.53. The third kappa shape index (κ3) is 2.60. The van der Waals surface area contributed by atoms with Gasteiger partial charge in [-0.05, 0) is 55.2 Å². The average Bonchev–Trinajstić information content (AvgIpc) is 2.49. The van der Waals surface area contributed by atoms with Gasteiger partial charge in [-0.3, -0.25) is 4.31 Å². The Bertz CT molecular complexity index is 787. The number of hydrogen-bond donors (Lipinski definition) is 0. The van der Waals surface area contributed by atoms with Crippen LogP contribution in [0.15, 0.2) is 51.8 Å². The van der Waals surface area contributed by atoms with Gasteiger partial charge in [0.1, 0.15) is 0 Å². The molecule has 1 aliphatic heterocycles. The highest BCUT2D eigenvalue weighted by atomic mass is 79.9. The Morgan fingerprint density at radius 1 is 1.14 bits per heavy atom. The molecule has 5 heteroatoms. The smallest absolute Gasteiger partial charge is 0.264 e. The monoisotopic (exact) mass is 365 g/mol. The maximum atomic E-state index is 12.9. The van der Waals surface area contributed by atoms with Crippen LogP contribution in [0.2, 0.25) is 0 Å². The van der Waals surface area contributed by atoms with E-state index in [0.29, 0.717) is 11.4 Å². The minimum absolute atomic E-state index is 0.347. The van der Waals surface area contributed by atoms with Gasteiger partial charge in [0.2, 0.25) is 0 Å². The van der Waals surface area contributed by atoms with Crippen molar-refractivity contribution in [2.45, 2.75) is 24.7 Å². The summed E-state index contributed by atoms with van der Waals surface area (Å²) in [5, 5.41) is 0. The van der Waals surface area contributed by atoms with E-state index < -0.39 is 10.0 Å². The summed E-state index contributed by atoms with van der Waals surface area (Å²) in [7, 11) is -3.50. The maximum Gasteiger partial charge on any atom is 0.264 e. The molecule has 2 aromatic carbocycles. The summed E-state index contributed by atoms with van der Waals surface area (Å²) in [5.41, 5.74) is 2.83. The Hall–Kier alpha value is -1.33. The summed E-state index contributed by atoms with van der Waals surface area (Å²) >= 11 is 3.41. The van der Waals surface area contributed by atoms with Gasteiger partial charge in [-0.15, -0.1) is 0 Å². The number of hydrogen-bond acceptors (Lipinski definition) is 2. The number of nitrogens with zero attached hydrogens (tertiary/aromatic N) is 1.